The summed E-state index contributed by atoms with van der Waals surface area (Å²) in [5.74, 6) is -0.362. The zero-order valence-electron chi connectivity index (χ0n) is 21.8. The molecule has 0 aliphatic carbocycles. The van der Waals surface area contributed by atoms with Gasteiger partial charge in [0.25, 0.3) is 11.8 Å². The average molecular weight is 661 g/mol. The molecule has 2 amide bonds. The predicted molar refractivity (Wildman–Crippen MR) is 171 cm³/mol. The summed E-state index contributed by atoms with van der Waals surface area (Å²) in [7, 11) is 0. The molecular weight excluding hydrogens is 631 g/mol. The number of rotatable bonds is 6. The number of benzene rings is 4. The van der Waals surface area contributed by atoms with Crippen LogP contribution >= 0.6 is 34.8 Å². The maximum Gasteiger partial charge on any atom is 0.258 e. The molecule has 1 aliphatic heterocycles. The Morgan fingerprint density at radius 3 is 1.82 bits per heavy atom. The summed E-state index contributed by atoms with van der Waals surface area (Å²) in [6, 6.07) is 35.7. The SMILES string of the molecule is O=C(NC(=S)Nc1ccccc1C(=O)N1CCN(C(c2ccccc2)c2ccccc2)CC1)c1ccccc1I. The van der Waals surface area contributed by atoms with Gasteiger partial charge in [0.05, 0.1) is 22.9 Å². The van der Waals surface area contributed by atoms with Gasteiger partial charge in [-0.1, -0.05) is 84.9 Å². The van der Waals surface area contributed by atoms with E-state index in [0.29, 0.717) is 29.9 Å². The summed E-state index contributed by atoms with van der Waals surface area (Å²) >= 11 is 7.54. The van der Waals surface area contributed by atoms with Crippen LogP contribution in [0.25, 0.3) is 0 Å². The van der Waals surface area contributed by atoms with E-state index in [1.54, 1.807) is 18.2 Å². The molecule has 0 unspecified atom stereocenters. The molecule has 40 heavy (non-hydrogen) atoms. The van der Waals surface area contributed by atoms with Crippen LogP contribution in [-0.4, -0.2) is 52.9 Å². The van der Waals surface area contributed by atoms with Crippen LogP contribution in [-0.2, 0) is 0 Å². The first-order valence-electron chi connectivity index (χ1n) is 13.1. The molecule has 4 aromatic rings. The Morgan fingerprint density at radius 2 is 1.23 bits per heavy atom. The average Bonchev–Trinajstić information content (AvgIpc) is 2.99. The van der Waals surface area contributed by atoms with Crippen molar-refractivity contribution in [3.05, 3.63) is 135 Å². The smallest absolute Gasteiger partial charge is 0.258 e. The minimum Gasteiger partial charge on any atom is -0.336 e. The van der Waals surface area contributed by atoms with Gasteiger partial charge in [-0.25, -0.2) is 0 Å². The van der Waals surface area contributed by atoms with Crippen molar-refractivity contribution in [1.82, 2.24) is 15.1 Å². The molecule has 1 aliphatic rings. The molecule has 8 heteroatoms. The molecule has 2 N–H and O–H groups in total. The van der Waals surface area contributed by atoms with Crippen molar-refractivity contribution in [3.8, 4) is 0 Å². The number of thiocarbonyl (C=S) groups is 1. The first-order valence-corrected chi connectivity index (χ1v) is 14.6. The standard InChI is InChI=1S/C32H29IN4O2S/c33-27-17-9-7-15-25(27)30(38)35-32(40)34-28-18-10-8-16-26(28)31(39)37-21-19-36(20-22-37)29(23-11-3-1-4-12-23)24-13-5-2-6-14-24/h1-18,29H,19-22H2,(H2,34,35,38,40). The summed E-state index contributed by atoms with van der Waals surface area (Å²) in [5.41, 5.74) is 4.10. The molecule has 0 atom stereocenters. The minimum atomic E-state index is -0.297. The van der Waals surface area contributed by atoms with E-state index in [0.717, 1.165) is 16.7 Å². The maximum absolute atomic E-state index is 13.6. The van der Waals surface area contributed by atoms with Crippen molar-refractivity contribution in [1.29, 1.82) is 0 Å². The third-order valence-corrected chi connectivity index (χ3v) is 8.09. The van der Waals surface area contributed by atoms with Crippen molar-refractivity contribution in [2.75, 3.05) is 31.5 Å². The lowest BCUT2D eigenvalue weighted by molar-refractivity contribution is 0.0598. The molecule has 0 aromatic heterocycles. The zero-order chi connectivity index (χ0) is 27.9. The lowest BCUT2D eigenvalue weighted by Gasteiger charge is -2.40. The Hall–Kier alpha value is -3.60. The second-order valence-corrected chi connectivity index (χ2v) is 11.1. The van der Waals surface area contributed by atoms with E-state index < -0.39 is 0 Å². The molecule has 1 saturated heterocycles. The summed E-state index contributed by atoms with van der Waals surface area (Å²) in [6.07, 6.45) is 0. The Kier molecular flexibility index (Phi) is 9.20. The second kappa shape index (κ2) is 13.2. The van der Waals surface area contributed by atoms with Crippen molar-refractivity contribution in [2.24, 2.45) is 0 Å². The highest BCUT2D eigenvalue weighted by molar-refractivity contribution is 14.1. The number of piperazine rings is 1. The fourth-order valence-electron chi connectivity index (χ4n) is 4.99. The van der Waals surface area contributed by atoms with Crippen molar-refractivity contribution < 1.29 is 9.59 Å². The summed E-state index contributed by atoms with van der Waals surface area (Å²) < 4.78 is 0.830. The molecule has 6 nitrogen and oxygen atoms in total. The van der Waals surface area contributed by atoms with Crippen LogP contribution < -0.4 is 10.6 Å². The molecular formula is C32H29IN4O2S. The van der Waals surface area contributed by atoms with Gasteiger partial charge in [-0.05, 0) is 70.2 Å². The van der Waals surface area contributed by atoms with Gasteiger partial charge >= 0.3 is 0 Å². The van der Waals surface area contributed by atoms with E-state index in [4.69, 9.17) is 12.2 Å². The van der Waals surface area contributed by atoms with E-state index in [1.807, 2.05) is 47.4 Å². The van der Waals surface area contributed by atoms with Crippen molar-refractivity contribution in [3.63, 3.8) is 0 Å². The van der Waals surface area contributed by atoms with Crippen LogP contribution in [0.15, 0.2) is 109 Å². The fraction of sp³-hybridized carbons (Fsp3) is 0.156. The van der Waals surface area contributed by atoms with Gasteiger partial charge < -0.3 is 10.2 Å². The van der Waals surface area contributed by atoms with Crippen LogP contribution in [0.3, 0.4) is 0 Å². The largest absolute Gasteiger partial charge is 0.336 e. The van der Waals surface area contributed by atoms with E-state index in [9.17, 15) is 9.59 Å². The summed E-state index contributed by atoms with van der Waals surface area (Å²) in [5, 5.41) is 5.93. The minimum absolute atomic E-state index is 0.0644. The highest BCUT2D eigenvalue weighted by Crippen LogP contribution is 2.30. The molecule has 0 saturated carbocycles. The van der Waals surface area contributed by atoms with Gasteiger partial charge in [0, 0.05) is 29.7 Å². The monoisotopic (exact) mass is 660 g/mol. The van der Waals surface area contributed by atoms with Crippen LogP contribution in [0.5, 0.6) is 0 Å². The van der Waals surface area contributed by atoms with Gasteiger partial charge in [0.2, 0.25) is 0 Å². The third-order valence-electron chi connectivity index (χ3n) is 6.95. The number of anilines is 1. The third kappa shape index (κ3) is 6.57. The lowest BCUT2D eigenvalue weighted by Crippen LogP contribution is -2.50. The van der Waals surface area contributed by atoms with E-state index >= 15 is 0 Å². The highest BCUT2D eigenvalue weighted by Gasteiger charge is 2.29. The van der Waals surface area contributed by atoms with Gasteiger partial charge in [-0.2, -0.15) is 0 Å². The summed E-state index contributed by atoms with van der Waals surface area (Å²) in [6.45, 7) is 2.72. The van der Waals surface area contributed by atoms with Crippen molar-refractivity contribution in [2.45, 2.75) is 6.04 Å². The molecule has 0 radical (unpaired) electrons. The van der Waals surface area contributed by atoms with Crippen molar-refractivity contribution >= 4 is 57.4 Å². The zero-order valence-corrected chi connectivity index (χ0v) is 24.8. The van der Waals surface area contributed by atoms with Crippen LogP contribution in [0.2, 0.25) is 0 Å². The first-order chi connectivity index (χ1) is 19.5. The quantitative estimate of drug-likeness (QED) is 0.197. The number of carbonyl (C=O) groups excluding carboxylic acids is 2. The number of amides is 2. The number of carbonyl (C=O) groups is 2. The Bertz CT molecular complexity index is 1450. The Morgan fingerprint density at radius 1 is 0.700 bits per heavy atom. The number of hydrogen-bond acceptors (Lipinski definition) is 4. The van der Waals surface area contributed by atoms with Crippen LogP contribution in [0.1, 0.15) is 37.9 Å². The molecule has 202 valence electrons. The molecule has 0 spiro atoms. The molecule has 4 aromatic carbocycles. The highest BCUT2D eigenvalue weighted by atomic mass is 127. The Balaban J connectivity index is 1.26. The number of nitrogens with zero attached hydrogens (tertiary/aromatic N) is 2. The van der Waals surface area contributed by atoms with Crippen LogP contribution in [0, 0.1) is 3.57 Å². The van der Waals surface area contributed by atoms with Crippen LogP contribution in [0.4, 0.5) is 5.69 Å². The van der Waals surface area contributed by atoms with E-state index in [2.05, 4.69) is 86.7 Å². The number of para-hydroxylation sites is 1. The number of nitrogens with one attached hydrogen (secondary N) is 2. The van der Waals surface area contributed by atoms with E-state index in [1.165, 1.54) is 11.1 Å². The topological polar surface area (TPSA) is 64.7 Å². The normalized spacial score (nSPS) is 13.6. The van der Waals surface area contributed by atoms with Gasteiger partial charge in [0.1, 0.15) is 0 Å². The molecule has 1 heterocycles. The predicted octanol–water partition coefficient (Wildman–Crippen LogP) is 5.97. The number of halogens is 1. The fourth-order valence-corrected chi connectivity index (χ4v) is 5.82. The number of hydrogen-bond donors (Lipinski definition) is 2. The van der Waals surface area contributed by atoms with Gasteiger partial charge in [-0.3, -0.25) is 19.8 Å². The molecule has 0 bridgehead atoms. The van der Waals surface area contributed by atoms with Gasteiger partial charge in [0.15, 0.2) is 5.11 Å². The lowest BCUT2D eigenvalue weighted by atomic mass is 9.96. The van der Waals surface area contributed by atoms with Gasteiger partial charge in [-0.15, -0.1) is 0 Å². The Labute approximate surface area is 253 Å². The molecule has 5 rings (SSSR count). The maximum atomic E-state index is 13.6. The van der Waals surface area contributed by atoms with E-state index in [-0.39, 0.29) is 23.0 Å². The summed E-state index contributed by atoms with van der Waals surface area (Å²) in [4.78, 5) is 30.7. The second-order valence-electron chi connectivity index (χ2n) is 9.49. The molecule has 1 fully saturated rings. The first kappa shape index (κ1) is 27.9.